The molecular formula is C24H26N2O3S. The molecule has 3 aromatic carbocycles. The zero-order valence-electron chi connectivity index (χ0n) is 17.4. The van der Waals surface area contributed by atoms with Gasteiger partial charge >= 0.3 is 0 Å². The van der Waals surface area contributed by atoms with Gasteiger partial charge in [0.1, 0.15) is 6.54 Å². The van der Waals surface area contributed by atoms with Crippen LogP contribution in [0.5, 0.6) is 0 Å². The first-order valence-electron chi connectivity index (χ1n) is 9.70. The second-order valence-electron chi connectivity index (χ2n) is 7.37. The lowest BCUT2D eigenvalue weighted by Crippen LogP contribution is -2.42. The first-order valence-corrected chi connectivity index (χ1v) is 11.5. The first-order chi connectivity index (χ1) is 14.3. The molecule has 156 valence electrons. The number of aryl methyl sites for hydroxylation is 2. The summed E-state index contributed by atoms with van der Waals surface area (Å²) < 4.78 is 25.9. The molecule has 1 N–H and O–H groups in total. The number of nitrogens with zero attached hydrogens (tertiary/aromatic N) is 1. The van der Waals surface area contributed by atoms with Crippen molar-refractivity contribution in [3.05, 3.63) is 101 Å². The Labute approximate surface area is 178 Å². The van der Waals surface area contributed by atoms with Crippen LogP contribution < -0.4 is 9.62 Å². The molecule has 1 amide bonds. The molecule has 0 radical (unpaired) electrons. The molecule has 0 fully saturated rings. The number of hydrogen-bond donors (Lipinski definition) is 1. The number of amides is 1. The van der Waals surface area contributed by atoms with Gasteiger partial charge in [-0.2, -0.15) is 0 Å². The maximum atomic E-state index is 13.0. The summed E-state index contributed by atoms with van der Waals surface area (Å²) >= 11 is 0. The van der Waals surface area contributed by atoms with Crippen LogP contribution in [0.25, 0.3) is 0 Å². The fourth-order valence-electron chi connectivity index (χ4n) is 3.34. The molecule has 0 aliphatic heterocycles. The Kier molecular flexibility index (Phi) is 6.57. The van der Waals surface area contributed by atoms with Crippen molar-refractivity contribution in [3.63, 3.8) is 0 Å². The summed E-state index contributed by atoms with van der Waals surface area (Å²) in [5.41, 5.74) is 4.43. The highest BCUT2D eigenvalue weighted by Gasteiger charge is 2.24. The molecule has 5 nitrogen and oxygen atoms in total. The Bertz CT molecular complexity index is 1110. The highest BCUT2D eigenvalue weighted by atomic mass is 32.2. The SMILES string of the molecule is Cc1ccc(N(CC(=O)N[C@H](c2ccccc2)c2ccccc2C)S(C)(=O)=O)cc1. The zero-order chi connectivity index (χ0) is 21.7. The molecular weight excluding hydrogens is 396 g/mol. The third-order valence-corrected chi connectivity index (χ3v) is 6.09. The lowest BCUT2D eigenvalue weighted by atomic mass is 9.95. The van der Waals surface area contributed by atoms with E-state index >= 15 is 0 Å². The van der Waals surface area contributed by atoms with Crippen molar-refractivity contribution in [2.45, 2.75) is 19.9 Å². The molecule has 0 aromatic heterocycles. The molecule has 30 heavy (non-hydrogen) atoms. The second kappa shape index (κ2) is 9.13. The van der Waals surface area contributed by atoms with Crippen LogP contribution >= 0.6 is 0 Å². The van der Waals surface area contributed by atoms with Gasteiger partial charge in [-0.25, -0.2) is 8.42 Å². The Morgan fingerprint density at radius 1 is 0.900 bits per heavy atom. The van der Waals surface area contributed by atoms with Crippen LogP contribution in [0.15, 0.2) is 78.9 Å². The molecule has 0 aliphatic carbocycles. The lowest BCUT2D eigenvalue weighted by Gasteiger charge is -2.25. The van der Waals surface area contributed by atoms with Crippen LogP contribution in [-0.4, -0.2) is 27.1 Å². The van der Waals surface area contributed by atoms with Crippen LogP contribution in [0, 0.1) is 13.8 Å². The number of benzene rings is 3. The standard InChI is InChI=1S/C24H26N2O3S/c1-18-13-15-21(16-14-18)26(30(3,28)29)17-23(27)25-24(20-10-5-4-6-11-20)22-12-8-7-9-19(22)2/h4-16,24H,17H2,1-3H3,(H,25,27)/t24-/m1/s1. The molecule has 0 aliphatic rings. The average Bonchev–Trinajstić information content (AvgIpc) is 2.71. The minimum atomic E-state index is -3.63. The number of carbonyl (C=O) groups excluding carboxylic acids is 1. The van der Waals surface area contributed by atoms with Crippen molar-refractivity contribution in [3.8, 4) is 0 Å². The smallest absolute Gasteiger partial charge is 0.241 e. The number of rotatable bonds is 7. The van der Waals surface area contributed by atoms with Gasteiger partial charge in [-0.1, -0.05) is 72.3 Å². The van der Waals surface area contributed by atoms with E-state index in [-0.39, 0.29) is 18.5 Å². The molecule has 0 saturated heterocycles. The van der Waals surface area contributed by atoms with Crippen LogP contribution in [0.2, 0.25) is 0 Å². The van der Waals surface area contributed by atoms with Crippen molar-refractivity contribution in [2.24, 2.45) is 0 Å². The quantitative estimate of drug-likeness (QED) is 0.626. The van der Waals surface area contributed by atoms with E-state index in [2.05, 4.69) is 5.32 Å². The summed E-state index contributed by atoms with van der Waals surface area (Å²) in [5.74, 6) is -0.377. The van der Waals surface area contributed by atoms with E-state index in [4.69, 9.17) is 0 Å². The fraction of sp³-hybridized carbons (Fsp3) is 0.208. The molecule has 0 spiro atoms. The predicted octanol–water partition coefficient (Wildman–Crippen LogP) is 3.98. The van der Waals surface area contributed by atoms with Gasteiger partial charge in [-0.15, -0.1) is 0 Å². The number of sulfonamides is 1. The summed E-state index contributed by atoms with van der Waals surface area (Å²) in [6, 6.07) is 24.2. The van der Waals surface area contributed by atoms with Gasteiger partial charge in [0.15, 0.2) is 0 Å². The summed E-state index contributed by atoms with van der Waals surface area (Å²) in [5, 5.41) is 3.03. The largest absolute Gasteiger partial charge is 0.344 e. The minimum Gasteiger partial charge on any atom is -0.344 e. The van der Waals surface area contributed by atoms with Gasteiger partial charge in [0.2, 0.25) is 15.9 Å². The fourth-order valence-corrected chi connectivity index (χ4v) is 4.20. The van der Waals surface area contributed by atoms with Crippen molar-refractivity contribution in [2.75, 3.05) is 17.1 Å². The Balaban J connectivity index is 1.90. The summed E-state index contributed by atoms with van der Waals surface area (Å²) in [6.07, 6.45) is 1.11. The molecule has 3 rings (SSSR count). The molecule has 1 atom stereocenters. The molecule has 0 saturated carbocycles. The maximum absolute atomic E-state index is 13.0. The van der Waals surface area contributed by atoms with Crippen molar-refractivity contribution >= 4 is 21.6 Å². The van der Waals surface area contributed by atoms with Gasteiger partial charge in [0.25, 0.3) is 0 Å². The number of nitrogens with one attached hydrogen (secondary N) is 1. The van der Waals surface area contributed by atoms with Crippen LogP contribution in [-0.2, 0) is 14.8 Å². The molecule has 0 heterocycles. The molecule has 0 bridgehead atoms. The van der Waals surface area contributed by atoms with E-state index in [0.29, 0.717) is 5.69 Å². The zero-order valence-corrected chi connectivity index (χ0v) is 18.2. The van der Waals surface area contributed by atoms with Gasteiger partial charge in [0.05, 0.1) is 18.0 Å². The average molecular weight is 423 g/mol. The second-order valence-corrected chi connectivity index (χ2v) is 9.28. The predicted molar refractivity (Wildman–Crippen MR) is 121 cm³/mol. The number of anilines is 1. The first kappa shape index (κ1) is 21.6. The van der Waals surface area contributed by atoms with E-state index in [0.717, 1.165) is 32.8 Å². The lowest BCUT2D eigenvalue weighted by molar-refractivity contribution is -0.120. The molecule has 6 heteroatoms. The Morgan fingerprint density at radius 3 is 2.10 bits per heavy atom. The maximum Gasteiger partial charge on any atom is 0.241 e. The van der Waals surface area contributed by atoms with Crippen molar-refractivity contribution in [1.82, 2.24) is 5.32 Å². The third-order valence-electron chi connectivity index (χ3n) is 4.95. The molecule has 0 unspecified atom stereocenters. The summed E-state index contributed by atoms with van der Waals surface area (Å²) in [7, 11) is -3.63. The van der Waals surface area contributed by atoms with E-state index in [1.807, 2.05) is 80.6 Å². The van der Waals surface area contributed by atoms with E-state index in [1.54, 1.807) is 12.1 Å². The summed E-state index contributed by atoms with van der Waals surface area (Å²) in [6.45, 7) is 3.62. The van der Waals surface area contributed by atoms with E-state index in [1.165, 1.54) is 0 Å². The van der Waals surface area contributed by atoms with Gasteiger partial charge < -0.3 is 5.32 Å². The van der Waals surface area contributed by atoms with E-state index < -0.39 is 10.0 Å². The van der Waals surface area contributed by atoms with Gasteiger partial charge in [-0.05, 0) is 42.7 Å². The Morgan fingerprint density at radius 2 is 1.50 bits per heavy atom. The third kappa shape index (κ3) is 5.27. The number of hydrogen-bond acceptors (Lipinski definition) is 3. The van der Waals surface area contributed by atoms with Crippen LogP contribution in [0.4, 0.5) is 5.69 Å². The molecule has 3 aromatic rings. The highest BCUT2D eigenvalue weighted by Crippen LogP contribution is 2.25. The van der Waals surface area contributed by atoms with Crippen LogP contribution in [0.3, 0.4) is 0 Å². The topological polar surface area (TPSA) is 66.5 Å². The number of carbonyl (C=O) groups is 1. The summed E-state index contributed by atoms with van der Waals surface area (Å²) in [4.78, 5) is 13.0. The van der Waals surface area contributed by atoms with Crippen molar-refractivity contribution < 1.29 is 13.2 Å². The Hall–Kier alpha value is -3.12. The van der Waals surface area contributed by atoms with Crippen molar-refractivity contribution in [1.29, 1.82) is 0 Å². The van der Waals surface area contributed by atoms with Gasteiger partial charge in [0, 0.05) is 0 Å². The minimum absolute atomic E-state index is 0.295. The normalized spacial score (nSPS) is 12.2. The van der Waals surface area contributed by atoms with E-state index in [9.17, 15) is 13.2 Å². The monoisotopic (exact) mass is 422 g/mol. The van der Waals surface area contributed by atoms with Crippen LogP contribution in [0.1, 0.15) is 28.3 Å². The highest BCUT2D eigenvalue weighted by molar-refractivity contribution is 7.92. The van der Waals surface area contributed by atoms with Gasteiger partial charge in [-0.3, -0.25) is 9.10 Å².